The number of ether oxygens (including phenoxy) is 1. The Morgan fingerprint density at radius 3 is 2.52 bits per heavy atom. The predicted octanol–water partition coefficient (Wildman–Crippen LogP) is 5.78. The molecule has 1 N–H and O–H groups in total. The standard InChI is InChI=1S/C25H29Cl2NO3/c1-4-13-25(31-3)16-22(19-6-5-7-21(27)15-19)23(18-8-10-20(26)11-9-18)28(24(25)30)17(2)12-14-29/h4-11,15,17,22-23,29H,1,12-14,16H2,2-3H3/t17-,22+,23+,25+/m0/s1. The highest BCUT2D eigenvalue weighted by Crippen LogP contribution is 2.50. The molecular weight excluding hydrogens is 433 g/mol. The van der Waals surface area contributed by atoms with Crippen molar-refractivity contribution in [1.29, 1.82) is 0 Å². The smallest absolute Gasteiger partial charge is 0.255 e. The maximum Gasteiger partial charge on any atom is 0.255 e. The molecule has 3 rings (SSSR count). The highest BCUT2D eigenvalue weighted by atomic mass is 35.5. The van der Waals surface area contributed by atoms with Gasteiger partial charge in [-0.3, -0.25) is 4.79 Å². The average Bonchev–Trinajstić information content (AvgIpc) is 2.75. The molecule has 0 unspecified atom stereocenters. The Morgan fingerprint density at radius 1 is 1.23 bits per heavy atom. The van der Waals surface area contributed by atoms with Gasteiger partial charge < -0.3 is 14.7 Å². The van der Waals surface area contributed by atoms with Gasteiger partial charge in [0.2, 0.25) is 0 Å². The highest BCUT2D eigenvalue weighted by molar-refractivity contribution is 6.30. The molecule has 0 aromatic heterocycles. The lowest BCUT2D eigenvalue weighted by Crippen LogP contribution is -2.60. The fourth-order valence-electron chi connectivity index (χ4n) is 4.66. The van der Waals surface area contributed by atoms with E-state index in [2.05, 4.69) is 6.58 Å². The third kappa shape index (κ3) is 4.83. The minimum atomic E-state index is -1.03. The Kier molecular flexibility index (Phi) is 7.82. The molecule has 1 fully saturated rings. The number of benzene rings is 2. The van der Waals surface area contributed by atoms with Crippen molar-refractivity contribution in [3.8, 4) is 0 Å². The van der Waals surface area contributed by atoms with E-state index in [0.29, 0.717) is 29.3 Å². The normalized spacial score (nSPS) is 24.8. The Hall–Kier alpha value is -1.85. The second-order valence-electron chi connectivity index (χ2n) is 8.13. The maximum atomic E-state index is 13.9. The zero-order valence-electron chi connectivity index (χ0n) is 17.9. The van der Waals surface area contributed by atoms with E-state index in [4.69, 9.17) is 27.9 Å². The second-order valence-corrected chi connectivity index (χ2v) is 9.00. The zero-order valence-corrected chi connectivity index (χ0v) is 19.4. The topological polar surface area (TPSA) is 49.8 Å². The molecule has 31 heavy (non-hydrogen) atoms. The largest absolute Gasteiger partial charge is 0.396 e. The lowest BCUT2D eigenvalue weighted by molar-refractivity contribution is -0.171. The number of hydrogen-bond donors (Lipinski definition) is 1. The quantitative estimate of drug-likeness (QED) is 0.506. The maximum absolute atomic E-state index is 13.9. The van der Waals surface area contributed by atoms with Crippen LogP contribution in [0.2, 0.25) is 10.0 Å². The summed E-state index contributed by atoms with van der Waals surface area (Å²) in [5.41, 5.74) is 0.990. The summed E-state index contributed by atoms with van der Waals surface area (Å²) in [6.07, 6.45) is 3.08. The number of likely N-dealkylation sites (tertiary alicyclic amines) is 1. The highest BCUT2D eigenvalue weighted by Gasteiger charge is 2.53. The molecule has 6 heteroatoms. The minimum absolute atomic E-state index is 0.0123. The van der Waals surface area contributed by atoms with Crippen LogP contribution < -0.4 is 0 Å². The molecule has 166 valence electrons. The summed E-state index contributed by atoms with van der Waals surface area (Å²) in [6, 6.07) is 14.9. The van der Waals surface area contributed by atoms with Crippen LogP contribution in [0.3, 0.4) is 0 Å². The van der Waals surface area contributed by atoms with E-state index in [0.717, 1.165) is 11.1 Å². The molecule has 0 saturated carbocycles. The summed E-state index contributed by atoms with van der Waals surface area (Å²) in [4.78, 5) is 15.8. The van der Waals surface area contributed by atoms with Gasteiger partial charge >= 0.3 is 0 Å². The van der Waals surface area contributed by atoms with Crippen LogP contribution in [0, 0.1) is 0 Å². The third-order valence-corrected chi connectivity index (χ3v) is 6.72. The van der Waals surface area contributed by atoms with Gasteiger partial charge in [0.1, 0.15) is 0 Å². The van der Waals surface area contributed by atoms with Crippen molar-refractivity contribution in [3.05, 3.63) is 82.4 Å². The van der Waals surface area contributed by atoms with Crippen LogP contribution in [0.1, 0.15) is 49.3 Å². The van der Waals surface area contributed by atoms with Crippen LogP contribution in [-0.4, -0.2) is 41.3 Å². The average molecular weight is 462 g/mol. The van der Waals surface area contributed by atoms with E-state index in [1.54, 1.807) is 13.2 Å². The van der Waals surface area contributed by atoms with Gasteiger partial charge in [0.15, 0.2) is 5.60 Å². The fourth-order valence-corrected chi connectivity index (χ4v) is 4.98. The molecule has 2 aromatic rings. The van der Waals surface area contributed by atoms with Gasteiger partial charge in [-0.15, -0.1) is 6.58 Å². The van der Waals surface area contributed by atoms with E-state index in [-0.39, 0.29) is 30.5 Å². The fraction of sp³-hybridized carbons (Fsp3) is 0.400. The molecule has 1 amide bonds. The van der Waals surface area contributed by atoms with Crippen LogP contribution in [0.25, 0.3) is 0 Å². The predicted molar refractivity (Wildman–Crippen MR) is 126 cm³/mol. The van der Waals surface area contributed by atoms with Crippen LogP contribution in [0.4, 0.5) is 0 Å². The van der Waals surface area contributed by atoms with E-state index in [1.807, 2.05) is 60.4 Å². The van der Waals surface area contributed by atoms with Crippen molar-refractivity contribution < 1.29 is 14.6 Å². The van der Waals surface area contributed by atoms with Crippen LogP contribution in [0.15, 0.2) is 61.2 Å². The van der Waals surface area contributed by atoms with Crippen molar-refractivity contribution in [2.24, 2.45) is 0 Å². The Bertz CT molecular complexity index is 917. The first-order chi connectivity index (χ1) is 14.9. The number of carbonyl (C=O) groups is 1. The molecule has 0 aliphatic carbocycles. The number of methoxy groups -OCH3 is 1. The van der Waals surface area contributed by atoms with Crippen LogP contribution >= 0.6 is 23.2 Å². The van der Waals surface area contributed by atoms with E-state index >= 15 is 0 Å². The van der Waals surface area contributed by atoms with Crippen molar-refractivity contribution >= 4 is 29.1 Å². The number of rotatable bonds is 8. The first kappa shape index (κ1) is 23.8. The molecule has 0 bridgehead atoms. The first-order valence-corrected chi connectivity index (χ1v) is 11.2. The van der Waals surface area contributed by atoms with Crippen molar-refractivity contribution in [2.75, 3.05) is 13.7 Å². The molecule has 0 radical (unpaired) electrons. The van der Waals surface area contributed by atoms with Gasteiger partial charge in [0.25, 0.3) is 5.91 Å². The molecule has 1 heterocycles. The van der Waals surface area contributed by atoms with E-state index in [9.17, 15) is 9.90 Å². The first-order valence-electron chi connectivity index (χ1n) is 10.5. The summed E-state index contributed by atoms with van der Waals surface area (Å²) < 4.78 is 5.90. The molecule has 1 aliphatic rings. The van der Waals surface area contributed by atoms with Crippen LogP contribution in [0.5, 0.6) is 0 Å². The van der Waals surface area contributed by atoms with Crippen molar-refractivity contribution in [1.82, 2.24) is 4.90 Å². The summed E-state index contributed by atoms with van der Waals surface area (Å²) >= 11 is 12.5. The summed E-state index contributed by atoms with van der Waals surface area (Å²) in [6.45, 7) is 5.81. The molecule has 2 aromatic carbocycles. The number of piperidine rings is 1. The van der Waals surface area contributed by atoms with Gasteiger partial charge in [0, 0.05) is 42.1 Å². The van der Waals surface area contributed by atoms with Gasteiger partial charge in [-0.1, -0.05) is 53.5 Å². The zero-order chi connectivity index (χ0) is 22.6. The lowest BCUT2D eigenvalue weighted by Gasteiger charge is -2.51. The Labute approximate surface area is 194 Å². The molecule has 0 spiro atoms. The number of hydrogen-bond acceptors (Lipinski definition) is 3. The Balaban J connectivity index is 2.22. The number of halogens is 2. The van der Waals surface area contributed by atoms with E-state index in [1.165, 1.54) is 0 Å². The summed E-state index contributed by atoms with van der Waals surface area (Å²) in [7, 11) is 1.58. The summed E-state index contributed by atoms with van der Waals surface area (Å²) in [5, 5.41) is 10.9. The number of carbonyl (C=O) groups excluding carboxylic acids is 1. The van der Waals surface area contributed by atoms with Gasteiger partial charge in [-0.05, 0) is 55.2 Å². The van der Waals surface area contributed by atoms with E-state index < -0.39 is 5.60 Å². The van der Waals surface area contributed by atoms with Gasteiger partial charge in [-0.2, -0.15) is 0 Å². The lowest BCUT2D eigenvalue weighted by atomic mass is 9.72. The SMILES string of the molecule is C=CC[C@@]1(OC)C[C@H](c2cccc(Cl)c2)[C@@H](c2ccc(Cl)cc2)N([C@@H](C)CCO)C1=O. The third-order valence-electron chi connectivity index (χ3n) is 6.23. The number of aliphatic hydroxyl groups is 1. The van der Waals surface area contributed by atoms with Crippen molar-refractivity contribution in [2.45, 2.75) is 49.8 Å². The summed E-state index contributed by atoms with van der Waals surface area (Å²) in [5.74, 6) is -0.160. The monoisotopic (exact) mass is 461 g/mol. The van der Waals surface area contributed by atoms with Gasteiger partial charge in [0.05, 0.1) is 6.04 Å². The second kappa shape index (κ2) is 10.2. The number of aliphatic hydroxyl groups excluding tert-OH is 1. The van der Waals surface area contributed by atoms with Crippen LogP contribution in [-0.2, 0) is 9.53 Å². The van der Waals surface area contributed by atoms with Crippen molar-refractivity contribution in [3.63, 3.8) is 0 Å². The molecule has 1 saturated heterocycles. The molecule has 4 atom stereocenters. The van der Waals surface area contributed by atoms with Gasteiger partial charge in [-0.25, -0.2) is 0 Å². The minimum Gasteiger partial charge on any atom is -0.396 e. The molecule has 4 nitrogen and oxygen atoms in total. The Morgan fingerprint density at radius 2 is 1.94 bits per heavy atom. The molecule has 1 aliphatic heterocycles. The number of amides is 1. The number of nitrogens with zero attached hydrogens (tertiary/aromatic N) is 1. The molecular formula is C25H29Cl2NO3.